The monoisotopic (exact) mass is 494 g/mol. The van der Waals surface area contributed by atoms with Crippen molar-refractivity contribution in [3.63, 3.8) is 0 Å². The van der Waals surface area contributed by atoms with E-state index in [0.29, 0.717) is 43.3 Å². The molecule has 2 N–H and O–H groups in total. The lowest BCUT2D eigenvalue weighted by Gasteiger charge is -2.34. The van der Waals surface area contributed by atoms with Gasteiger partial charge < -0.3 is 10.6 Å². The first-order chi connectivity index (χ1) is 15.6. The molecule has 1 saturated carbocycles. The molecule has 0 radical (unpaired) electrons. The van der Waals surface area contributed by atoms with Gasteiger partial charge in [-0.1, -0.05) is 31.4 Å². The molecule has 182 valence electrons. The van der Waals surface area contributed by atoms with Crippen molar-refractivity contribution in [1.82, 2.24) is 9.62 Å². The maximum absolute atomic E-state index is 13.1. The number of carbonyl (C=O) groups is 1. The average molecular weight is 495 g/mol. The van der Waals surface area contributed by atoms with Crippen LogP contribution in [0.1, 0.15) is 56.6 Å². The second-order valence-electron chi connectivity index (χ2n) is 9.91. The van der Waals surface area contributed by atoms with Crippen molar-refractivity contribution in [2.75, 3.05) is 31.2 Å². The topological polar surface area (TPSA) is 90.9 Å². The van der Waals surface area contributed by atoms with Crippen LogP contribution in [-0.4, -0.2) is 55.9 Å². The molecule has 1 aromatic rings. The maximum atomic E-state index is 13.1. The molecular formula is C24H35ClN4O3S. The molecule has 33 heavy (non-hydrogen) atoms. The first kappa shape index (κ1) is 24.5. The molecule has 3 aliphatic rings. The molecule has 1 aliphatic carbocycles. The molecule has 0 unspecified atom stereocenters. The van der Waals surface area contributed by atoms with E-state index in [9.17, 15) is 13.2 Å². The summed E-state index contributed by atoms with van der Waals surface area (Å²) in [6.45, 7) is 4.86. The van der Waals surface area contributed by atoms with Crippen LogP contribution in [0.25, 0.3) is 0 Å². The van der Waals surface area contributed by atoms with Gasteiger partial charge in [0.2, 0.25) is 10.0 Å². The number of anilines is 1. The van der Waals surface area contributed by atoms with Crippen molar-refractivity contribution in [2.24, 2.45) is 16.8 Å². The Labute approximate surface area is 202 Å². The Morgan fingerprint density at radius 2 is 1.88 bits per heavy atom. The number of nitrogens with one attached hydrogen (secondary N) is 2. The van der Waals surface area contributed by atoms with Crippen molar-refractivity contribution >= 4 is 39.1 Å². The summed E-state index contributed by atoms with van der Waals surface area (Å²) in [4.78, 5) is 17.7. The van der Waals surface area contributed by atoms with Gasteiger partial charge >= 0.3 is 0 Å². The number of sulfonamides is 1. The lowest BCUT2D eigenvalue weighted by atomic mass is 9.82. The average Bonchev–Trinajstić information content (AvgIpc) is 3.09. The van der Waals surface area contributed by atoms with Gasteiger partial charge in [-0.05, 0) is 68.2 Å². The van der Waals surface area contributed by atoms with Crippen LogP contribution >= 0.6 is 11.6 Å². The summed E-state index contributed by atoms with van der Waals surface area (Å²) in [5.74, 6) is 1.84. The number of aliphatic imine (C=N–C) groups is 1. The van der Waals surface area contributed by atoms with Gasteiger partial charge in [0.1, 0.15) is 11.4 Å². The Morgan fingerprint density at radius 3 is 2.48 bits per heavy atom. The van der Waals surface area contributed by atoms with Crippen LogP contribution in [0, 0.1) is 18.8 Å². The highest BCUT2D eigenvalue weighted by Gasteiger charge is 2.48. The molecule has 2 fully saturated rings. The van der Waals surface area contributed by atoms with Gasteiger partial charge in [0.15, 0.2) is 0 Å². The smallest absolute Gasteiger partial charge is 0.253 e. The second-order valence-corrected chi connectivity index (χ2v) is 12.4. The molecule has 9 heteroatoms. The molecule has 2 aliphatic heterocycles. The van der Waals surface area contributed by atoms with E-state index in [1.54, 1.807) is 0 Å². The highest BCUT2D eigenvalue weighted by molar-refractivity contribution is 7.89. The zero-order chi connectivity index (χ0) is 23.8. The van der Waals surface area contributed by atoms with Crippen LogP contribution < -0.4 is 10.6 Å². The lowest BCUT2D eigenvalue weighted by molar-refractivity contribution is -0.125. The minimum atomic E-state index is -3.46. The number of aryl methyl sites for hydroxylation is 1. The number of halogens is 1. The van der Waals surface area contributed by atoms with Crippen LogP contribution in [0.5, 0.6) is 0 Å². The Morgan fingerprint density at radius 1 is 1.21 bits per heavy atom. The largest absolute Gasteiger partial charge is 0.388 e. The van der Waals surface area contributed by atoms with E-state index < -0.39 is 15.6 Å². The van der Waals surface area contributed by atoms with Gasteiger partial charge in [-0.3, -0.25) is 9.79 Å². The minimum Gasteiger partial charge on any atom is -0.388 e. The quantitative estimate of drug-likeness (QED) is 0.630. The third-order valence-corrected chi connectivity index (χ3v) is 9.87. The fraction of sp³-hybridized carbons (Fsp3) is 0.667. The van der Waals surface area contributed by atoms with Crippen molar-refractivity contribution < 1.29 is 13.2 Å². The normalized spacial score (nSPS) is 25.7. The fourth-order valence-electron chi connectivity index (χ4n) is 5.34. The molecule has 1 saturated heterocycles. The third-order valence-electron chi connectivity index (χ3n) is 7.66. The molecule has 4 rings (SSSR count). The predicted octanol–water partition coefficient (Wildman–Crippen LogP) is 3.75. The third kappa shape index (κ3) is 5.08. The van der Waals surface area contributed by atoms with Gasteiger partial charge in [-0.15, -0.1) is 0 Å². The summed E-state index contributed by atoms with van der Waals surface area (Å²) in [5, 5.41) is 6.68. The summed E-state index contributed by atoms with van der Waals surface area (Å²) in [6.07, 6.45) is 5.69. The molecule has 0 aromatic heterocycles. The number of nitrogens with zero attached hydrogens (tertiary/aromatic N) is 2. The summed E-state index contributed by atoms with van der Waals surface area (Å²) in [6, 6.07) is 3.79. The van der Waals surface area contributed by atoms with Crippen LogP contribution in [0.3, 0.4) is 0 Å². The molecular weight excluding hydrogens is 460 g/mol. The fourth-order valence-corrected chi connectivity index (χ4v) is 7.16. The van der Waals surface area contributed by atoms with Crippen molar-refractivity contribution in [2.45, 2.75) is 64.3 Å². The summed E-state index contributed by atoms with van der Waals surface area (Å²) < 4.78 is 27.7. The van der Waals surface area contributed by atoms with Crippen LogP contribution in [-0.2, 0) is 21.2 Å². The molecule has 0 bridgehead atoms. The van der Waals surface area contributed by atoms with Gasteiger partial charge in [0.05, 0.1) is 5.75 Å². The molecule has 1 aromatic carbocycles. The van der Waals surface area contributed by atoms with E-state index >= 15 is 0 Å². The summed E-state index contributed by atoms with van der Waals surface area (Å²) in [5.41, 5.74) is 1.94. The summed E-state index contributed by atoms with van der Waals surface area (Å²) in [7, 11) is -1.63. The number of benzene rings is 1. The van der Waals surface area contributed by atoms with E-state index in [1.807, 2.05) is 26.1 Å². The summed E-state index contributed by atoms with van der Waals surface area (Å²) >= 11 is 6.40. The second kappa shape index (κ2) is 9.55. The van der Waals surface area contributed by atoms with Crippen molar-refractivity contribution in [3.05, 3.63) is 28.3 Å². The zero-order valence-corrected chi connectivity index (χ0v) is 21.4. The molecule has 1 spiro atoms. The standard InChI is InChI=1S/C24H35ClN4O3S/c1-16-4-6-18(7-5-16)22-27-23(30)24(28-22)9-11-29(12-10-24)33(31,32)13-8-20-17(2)14-19(26-3)15-21(20)25/h14-16,18,26H,4-13H2,1-3H3,(H,27,28,30). The number of piperidine rings is 1. The van der Waals surface area contributed by atoms with Crippen molar-refractivity contribution in [1.29, 1.82) is 0 Å². The number of amides is 1. The Kier molecular flexibility index (Phi) is 7.08. The van der Waals surface area contributed by atoms with Gasteiger partial charge in [0, 0.05) is 36.8 Å². The minimum absolute atomic E-state index is 0.000430. The highest BCUT2D eigenvalue weighted by atomic mass is 35.5. The maximum Gasteiger partial charge on any atom is 0.253 e. The SMILES string of the molecule is CNc1cc(C)c(CCS(=O)(=O)N2CCC3(CC2)N=C(C2CCC(C)CC2)NC3=O)c(Cl)c1. The van der Waals surface area contributed by atoms with E-state index in [2.05, 4.69) is 17.6 Å². The Balaban J connectivity index is 1.38. The lowest BCUT2D eigenvalue weighted by Crippen LogP contribution is -2.51. The van der Waals surface area contributed by atoms with Crippen molar-refractivity contribution in [3.8, 4) is 0 Å². The Bertz CT molecular complexity index is 1020. The molecule has 0 atom stereocenters. The number of hydrogen-bond donors (Lipinski definition) is 2. The van der Waals surface area contributed by atoms with Crippen LogP contribution in [0.2, 0.25) is 5.02 Å². The molecule has 2 heterocycles. The number of carbonyl (C=O) groups excluding carboxylic acids is 1. The Hall–Kier alpha value is -1.64. The van der Waals surface area contributed by atoms with E-state index in [0.717, 1.165) is 41.4 Å². The van der Waals surface area contributed by atoms with Gasteiger partial charge in [0.25, 0.3) is 5.91 Å². The molecule has 1 amide bonds. The van der Waals surface area contributed by atoms with E-state index in [-0.39, 0.29) is 11.7 Å². The van der Waals surface area contributed by atoms with Gasteiger partial charge in [-0.2, -0.15) is 0 Å². The highest BCUT2D eigenvalue weighted by Crippen LogP contribution is 2.36. The number of amidine groups is 1. The van der Waals surface area contributed by atoms with E-state index in [1.165, 1.54) is 17.1 Å². The van der Waals surface area contributed by atoms with Crippen LogP contribution in [0.4, 0.5) is 5.69 Å². The number of hydrogen-bond acceptors (Lipinski definition) is 5. The number of rotatable bonds is 6. The zero-order valence-electron chi connectivity index (χ0n) is 19.8. The predicted molar refractivity (Wildman–Crippen MR) is 133 cm³/mol. The van der Waals surface area contributed by atoms with E-state index in [4.69, 9.17) is 16.6 Å². The van der Waals surface area contributed by atoms with Gasteiger partial charge in [-0.25, -0.2) is 12.7 Å². The first-order valence-corrected chi connectivity index (χ1v) is 14.0. The molecule has 7 nitrogen and oxygen atoms in total. The first-order valence-electron chi connectivity index (χ1n) is 12.0. The van der Waals surface area contributed by atoms with Crippen LogP contribution in [0.15, 0.2) is 17.1 Å².